The zero-order valence-corrected chi connectivity index (χ0v) is 13.4. The van der Waals surface area contributed by atoms with E-state index in [9.17, 15) is 13.2 Å². The van der Waals surface area contributed by atoms with Crippen molar-refractivity contribution in [3.63, 3.8) is 0 Å². The van der Waals surface area contributed by atoms with Crippen LogP contribution in [0, 0.1) is 6.92 Å². The number of rotatable bonds is 5. The molecule has 0 amide bonds. The van der Waals surface area contributed by atoms with Crippen molar-refractivity contribution in [2.24, 2.45) is 7.05 Å². The van der Waals surface area contributed by atoms with Crippen molar-refractivity contribution in [1.82, 2.24) is 13.9 Å². The van der Waals surface area contributed by atoms with Crippen LogP contribution in [0.2, 0.25) is 0 Å². The average molecular weight is 315 g/mol. The van der Waals surface area contributed by atoms with Gasteiger partial charge in [0.1, 0.15) is 12.4 Å². The van der Waals surface area contributed by atoms with Gasteiger partial charge in [-0.1, -0.05) is 12.8 Å². The molecule has 1 aromatic rings. The highest BCUT2D eigenvalue weighted by atomic mass is 32.2. The van der Waals surface area contributed by atoms with Crippen molar-refractivity contribution in [1.29, 1.82) is 0 Å². The molecule has 0 atom stereocenters. The van der Waals surface area contributed by atoms with Crippen LogP contribution in [0.4, 0.5) is 0 Å². The van der Waals surface area contributed by atoms with Gasteiger partial charge in [0.2, 0.25) is 0 Å². The van der Waals surface area contributed by atoms with Crippen molar-refractivity contribution in [2.45, 2.75) is 43.7 Å². The number of ether oxygens (including phenoxy) is 1. The number of hydrogen-bond donors (Lipinski definition) is 0. The number of nitrogens with zero attached hydrogens (tertiary/aromatic N) is 3. The van der Waals surface area contributed by atoms with Crippen LogP contribution in [0.1, 0.15) is 31.5 Å². The monoisotopic (exact) mass is 315 g/mol. The second-order valence-electron chi connectivity index (χ2n) is 5.30. The van der Waals surface area contributed by atoms with Crippen molar-refractivity contribution in [2.75, 3.05) is 13.7 Å². The fourth-order valence-corrected chi connectivity index (χ4v) is 4.22. The molecule has 0 bridgehead atoms. The number of aryl methyl sites for hydroxylation is 2. The van der Waals surface area contributed by atoms with Gasteiger partial charge in [0, 0.05) is 19.3 Å². The van der Waals surface area contributed by atoms with E-state index < -0.39 is 16.0 Å². The highest BCUT2D eigenvalue weighted by molar-refractivity contribution is 7.89. The maximum Gasteiger partial charge on any atom is 0.321 e. The number of sulfonamides is 1. The second-order valence-corrected chi connectivity index (χ2v) is 7.14. The number of hydrogen-bond acceptors (Lipinski definition) is 5. The standard InChI is InChI=1S/C13H21N3O4S/c1-10-14-12(8-15(10)2)21(18,19)16(9-13(17)20-3)11-6-4-5-7-11/h8,11H,4-7,9H2,1-3H3. The van der Waals surface area contributed by atoms with Crippen molar-refractivity contribution in [3.8, 4) is 0 Å². The van der Waals surface area contributed by atoms with Gasteiger partial charge in [-0.25, -0.2) is 13.4 Å². The van der Waals surface area contributed by atoms with Crippen LogP contribution in [0.5, 0.6) is 0 Å². The number of aromatic nitrogens is 2. The van der Waals surface area contributed by atoms with Crippen LogP contribution in [0.15, 0.2) is 11.2 Å². The summed E-state index contributed by atoms with van der Waals surface area (Å²) in [7, 11) is -0.796. The van der Waals surface area contributed by atoms with Gasteiger partial charge in [-0.2, -0.15) is 4.31 Å². The minimum atomic E-state index is -3.79. The fourth-order valence-electron chi connectivity index (χ4n) is 2.57. The number of carbonyl (C=O) groups is 1. The van der Waals surface area contributed by atoms with Crippen molar-refractivity contribution in [3.05, 3.63) is 12.0 Å². The van der Waals surface area contributed by atoms with Gasteiger partial charge in [-0.15, -0.1) is 0 Å². The Morgan fingerprint density at radius 3 is 2.57 bits per heavy atom. The van der Waals surface area contributed by atoms with Crippen LogP contribution in [0.25, 0.3) is 0 Å². The topological polar surface area (TPSA) is 81.5 Å². The van der Waals surface area contributed by atoms with Crippen LogP contribution >= 0.6 is 0 Å². The molecule has 1 aliphatic rings. The predicted octanol–water partition coefficient (Wildman–Crippen LogP) is 0.835. The largest absolute Gasteiger partial charge is 0.468 e. The molecule has 0 spiro atoms. The Morgan fingerprint density at radius 1 is 1.48 bits per heavy atom. The lowest BCUT2D eigenvalue weighted by atomic mass is 10.2. The Bertz CT molecular complexity index is 598. The molecule has 0 unspecified atom stereocenters. The third kappa shape index (κ3) is 3.26. The lowest BCUT2D eigenvalue weighted by Gasteiger charge is -2.25. The Kier molecular flexibility index (Phi) is 4.67. The molecule has 0 N–H and O–H groups in total. The van der Waals surface area contributed by atoms with Crippen LogP contribution in [-0.2, 0) is 26.6 Å². The summed E-state index contributed by atoms with van der Waals surface area (Å²) < 4.78 is 33.1. The minimum absolute atomic E-state index is 0.0155. The number of carbonyl (C=O) groups excluding carboxylic acids is 1. The molecular weight excluding hydrogens is 294 g/mol. The molecule has 0 aromatic carbocycles. The molecule has 7 nitrogen and oxygen atoms in total. The smallest absolute Gasteiger partial charge is 0.321 e. The maximum absolute atomic E-state index is 12.8. The zero-order chi connectivity index (χ0) is 15.6. The highest BCUT2D eigenvalue weighted by Crippen LogP contribution is 2.28. The van der Waals surface area contributed by atoms with Crippen LogP contribution < -0.4 is 0 Å². The molecule has 118 valence electrons. The SMILES string of the molecule is COC(=O)CN(C1CCCC1)S(=O)(=O)c1cn(C)c(C)n1. The minimum Gasteiger partial charge on any atom is -0.468 e. The average Bonchev–Trinajstić information content (AvgIpc) is 3.06. The molecule has 0 saturated heterocycles. The number of methoxy groups -OCH3 is 1. The summed E-state index contributed by atoms with van der Waals surface area (Å²) in [6, 6.07) is -0.156. The Hall–Kier alpha value is -1.41. The highest BCUT2D eigenvalue weighted by Gasteiger charge is 2.36. The first kappa shape index (κ1) is 16.0. The molecule has 1 saturated carbocycles. The van der Waals surface area contributed by atoms with E-state index in [2.05, 4.69) is 9.72 Å². The molecule has 0 radical (unpaired) electrons. The van der Waals surface area contributed by atoms with Crippen molar-refractivity contribution >= 4 is 16.0 Å². The fraction of sp³-hybridized carbons (Fsp3) is 0.692. The van der Waals surface area contributed by atoms with Gasteiger partial charge in [0.05, 0.1) is 7.11 Å². The Labute approximate surface area is 125 Å². The Morgan fingerprint density at radius 2 is 2.10 bits per heavy atom. The zero-order valence-electron chi connectivity index (χ0n) is 12.6. The molecule has 1 aliphatic carbocycles. The molecule has 0 aliphatic heterocycles. The summed E-state index contributed by atoms with van der Waals surface area (Å²) in [6.45, 7) is 1.47. The van der Waals surface area contributed by atoms with Gasteiger partial charge >= 0.3 is 5.97 Å². The van der Waals surface area contributed by atoms with Gasteiger partial charge in [0.15, 0.2) is 5.03 Å². The van der Waals surface area contributed by atoms with E-state index in [1.165, 1.54) is 17.6 Å². The lowest BCUT2D eigenvalue weighted by Crippen LogP contribution is -2.42. The molecule has 21 heavy (non-hydrogen) atoms. The first-order valence-corrected chi connectivity index (χ1v) is 8.39. The molecule has 1 heterocycles. The quantitative estimate of drug-likeness (QED) is 0.752. The van der Waals surface area contributed by atoms with E-state index in [1.54, 1.807) is 18.5 Å². The lowest BCUT2D eigenvalue weighted by molar-refractivity contribution is -0.141. The van der Waals surface area contributed by atoms with Crippen LogP contribution in [-0.4, -0.2) is 47.9 Å². The van der Waals surface area contributed by atoms with E-state index >= 15 is 0 Å². The van der Waals surface area contributed by atoms with Gasteiger partial charge in [-0.05, 0) is 19.8 Å². The summed E-state index contributed by atoms with van der Waals surface area (Å²) in [4.78, 5) is 15.7. The predicted molar refractivity (Wildman–Crippen MR) is 76.1 cm³/mol. The Balaban J connectivity index is 2.35. The molecule has 8 heteroatoms. The summed E-state index contributed by atoms with van der Waals surface area (Å²) in [6.07, 6.45) is 4.95. The molecule has 1 aromatic heterocycles. The van der Waals surface area contributed by atoms with E-state index in [-0.39, 0.29) is 17.6 Å². The first-order valence-electron chi connectivity index (χ1n) is 6.95. The normalized spacial score (nSPS) is 16.6. The van der Waals surface area contributed by atoms with E-state index in [0.29, 0.717) is 5.82 Å². The summed E-state index contributed by atoms with van der Waals surface area (Å²) in [5.74, 6) is 0.0520. The van der Waals surface area contributed by atoms with Gasteiger partial charge in [0.25, 0.3) is 10.0 Å². The maximum atomic E-state index is 12.8. The van der Waals surface area contributed by atoms with E-state index in [1.807, 2.05) is 0 Å². The summed E-state index contributed by atoms with van der Waals surface area (Å²) >= 11 is 0. The third-order valence-electron chi connectivity index (χ3n) is 3.90. The first-order chi connectivity index (χ1) is 9.86. The molecule has 2 rings (SSSR count). The van der Waals surface area contributed by atoms with Gasteiger partial charge < -0.3 is 9.30 Å². The summed E-state index contributed by atoms with van der Waals surface area (Å²) in [5, 5.41) is -0.0155. The number of imidazole rings is 1. The van der Waals surface area contributed by atoms with Crippen LogP contribution in [0.3, 0.4) is 0 Å². The van der Waals surface area contributed by atoms with Crippen molar-refractivity contribution < 1.29 is 17.9 Å². The molecule has 1 fully saturated rings. The third-order valence-corrected chi connectivity index (χ3v) is 5.67. The molecular formula is C13H21N3O4S. The number of esters is 1. The summed E-state index contributed by atoms with van der Waals surface area (Å²) in [5.41, 5.74) is 0. The van der Waals surface area contributed by atoms with E-state index in [0.717, 1.165) is 25.7 Å². The van der Waals surface area contributed by atoms with Gasteiger partial charge in [-0.3, -0.25) is 4.79 Å². The van der Waals surface area contributed by atoms with E-state index in [4.69, 9.17) is 0 Å². The second kappa shape index (κ2) is 6.15.